The van der Waals surface area contributed by atoms with Crippen molar-refractivity contribution in [3.05, 3.63) is 0 Å². The minimum Gasteiger partial charge on any atom is -0.480 e. The zero-order chi connectivity index (χ0) is 8.06. The predicted octanol–water partition coefficient (Wildman–Crippen LogP) is -0.896. The molecule has 1 unspecified atom stereocenters. The average Bonchev–Trinajstić information content (AvgIpc) is 2.45. The Bertz CT molecular complexity index is 207. The summed E-state index contributed by atoms with van der Waals surface area (Å²) < 4.78 is 0. The van der Waals surface area contributed by atoms with Crippen molar-refractivity contribution >= 4 is 5.97 Å². The Balaban J connectivity index is 2.23. The zero-order valence-electron chi connectivity index (χ0n) is 6.29. The van der Waals surface area contributed by atoms with Crippen LogP contribution in [0.5, 0.6) is 0 Å². The minimum atomic E-state index is -0.946. The molecule has 2 aliphatic rings. The first-order valence-electron chi connectivity index (χ1n) is 3.87. The summed E-state index contributed by atoms with van der Waals surface area (Å²) in [5.74, 6) is -0.662. The van der Waals surface area contributed by atoms with Crippen molar-refractivity contribution in [2.24, 2.45) is 11.7 Å². The first-order chi connectivity index (χ1) is 5.13. The summed E-state index contributed by atoms with van der Waals surface area (Å²) in [5.41, 5.74) is 4.80. The molecule has 2 aliphatic heterocycles. The minimum absolute atomic E-state index is 0.181. The third kappa shape index (κ3) is 0.795. The van der Waals surface area contributed by atoms with Crippen molar-refractivity contribution in [3.63, 3.8) is 0 Å². The van der Waals surface area contributed by atoms with E-state index in [0.29, 0.717) is 6.54 Å². The molecule has 2 heterocycles. The van der Waals surface area contributed by atoms with Gasteiger partial charge in [0.1, 0.15) is 5.54 Å². The molecule has 0 aromatic carbocycles. The van der Waals surface area contributed by atoms with E-state index < -0.39 is 11.5 Å². The van der Waals surface area contributed by atoms with Crippen molar-refractivity contribution in [3.8, 4) is 0 Å². The quantitative estimate of drug-likeness (QED) is 0.516. The molecule has 4 heteroatoms. The molecule has 11 heavy (non-hydrogen) atoms. The maximum atomic E-state index is 10.8. The van der Waals surface area contributed by atoms with E-state index in [1.54, 1.807) is 0 Å². The van der Waals surface area contributed by atoms with E-state index in [1.807, 2.05) is 0 Å². The van der Waals surface area contributed by atoms with Gasteiger partial charge in [-0.15, -0.1) is 0 Å². The highest BCUT2D eigenvalue weighted by molar-refractivity contribution is 5.80. The van der Waals surface area contributed by atoms with Crippen molar-refractivity contribution in [1.82, 2.24) is 4.90 Å². The van der Waals surface area contributed by atoms with Crippen LogP contribution in [0.15, 0.2) is 0 Å². The van der Waals surface area contributed by atoms with Crippen LogP contribution in [-0.2, 0) is 4.79 Å². The number of carboxylic acid groups (broad SMARTS) is 1. The largest absolute Gasteiger partial charge is 0.480 e. The summed E-state index contributed by atoms with van der Waals surface area (Å²) in [6, 6.07) is 0. The van der Waals surface area contributed by atoms with Crippen molar-refractivity contribution in [2.45, 2.75) is 12.0 Å². The second kappa shape index (κ2) is 1.95. The lowest BCUT2D eigenvalue weighted by Gasteiger charge is -2.28. The number of carbonyl (C=O) groups is 1. The molecule has 2 saturated heterocycles. The van der Waals surface area contributed by atoms with Gasteiger partial charge in [-0.2, -0.15) is 0 Å². The lowest BCUT2D eigenvalue weighted by Crippen LogP contribution is -2.56. The third-order valence-electron chi connectivity index (χ3n) is 2.88. The smallest absolute Gasteiger partial charge is 0.325 e. The van der Waals surface area contributed by atoms with Crippen molar-refractivity contribution < 1.29 is 9.90 Å². The summed E-state index contributed by atoms with van der Waals surface area (Å²) in [6.45, 7) is 2.44. The second-order valence-corrected chi connectivity index (χ2v) is 3.57. The molecule has 2 fully saturated rings. The molecule has 2 bridgehead atoms. The SMILES string of the molecule is N[C@]1(C(=O)O)CN2CC[C@H]1C2. The number of aliphatic carboxylic acids is 1. The Morgan fingerprint density at radius 3 is 2.73 bits per heavy atom. The Hall–Kier alpha value is -0.610. The molecule has 0 aromatic heterocycles. The van der Waals surface area contributed by atoms with Gasteiger partial charge in [-0.3, -0.25) is 4.79 Å². The number of hydrogen-bond acceptors (Lipinski definition) is 3. The molecule has 2 rings (SSSR count). The molecule has 0 aromatic rings. The summed E-state index contributed by atoms with van der Waals surface area (Å²) in [4.78, 5) is 12.9. The van der Waals surface area contributed by atoms with Gasteiger partial charge in [-0.25, -0.2) is 0 Å². The molecule has 0 aliphatic carbocycles. The summed E-state index contributed by atoms with van der Waals surface area (Å²) in [5, 5.41) is 8.84. The maximum absolute atomic E-state index is 10.8. The maximum Gasteiger partial charge on any atom is 0.325 e. The standard InChI is InChI=1S/C7H12N2O2/c8-7(6(10)11)4-9-2-1-5(7)3-9/h5H,1-4,8H2,(H,10,11)/t5-,7+/m0/s1. The molecule has 0 amide bonds. The van der Waals surface area contributed by atoms with Crippen LogP contribution < -0.4 is 5.73 Å². The highest BCUT2D eigenvalue weighted by Crippen LogP contribution is 2.34. The Kier molecular flexibility index (Phi) is 1.25. The molecule has 0 radical (unpaired) electrons. The van der Waals surface area contributed by atoms with E-state index in [-0.39, 0.29) is 5.92 Å². The molecule has 3 atom stereocenters. The van der Waals surface area contributed by atoms with Crippen LogP contribution in [0.3, 0.4) is 0 Å². The van der Waals surface area contributed by atoms with Crippen LogP contribution in [0.25, 0.3) is 0 Å². The van der Waals surface area contributed by atoms with Gasteiger partial charge in [0.15, 0.2) is 0 Å². The van der Waals surface area contributed by atoms with Gasteiger partial charge in [0.05, 0.1) is 0 Å². The number of rotatable bonds is 1. The first kappa shape index (κ1) is 7.06. The molecular formula is C7H12N2O2. The Morgan fingerprint density at radius 2 is 2.45 bits per heavy atom. The van der Waals surface area contributed by atoms with Crippen LogP contribution in [0.1, 0.15) is 6.42 Å². The molecule has 0 spiro atoms. The fraction of sp³-hybridized carbons (Fsp3) is 0.857. The van der Waals surface area contributed by atoms with Gasteiger partial charge in [-0.05, 0) is 13.0 Å². The van der Waals surface area contributed by atoms with Crippen LogP contribution >= 0.6 is 0 Å². The van der Waals surface area contributed by atoms with Gasteiger partial charge in [-0.1, -0.05) is 0 Å². The van der Waals surface area contributed by atoms with E-state index in [0.717, 1.165) is 19.5 Å². The third-order valence-corrected chi connectivity index (χ3v) is 2.88. The zero-order valence-corrected chi connectivity index (χ0v) is 6.29. The monoisotopic (exact) mass is 156 g/mol. The number of carboxylic acids is 1. The summed E-state index contributed by atoms with van der Waals surface area (Å²) in [6.07, 6.45) is 0.947. The normalized spacial score (nSPS) is 48.1. The lowest BCUT2D eigenvalue weighted by atomic mass is 9.85. The van der Waals surface area contributed by atoms with Gasteiger partial charge < -0.3 is 15.7 Å². The van der Waals surface area contributed by atoms with E-state index in [1.165, 1.54) is 0 Å². The fourth-order valence-corrected chi connectivity index (χ4v) is 2.14. The lowest BCUT2D eigenvalue weighted by molar-refractivity contribution is -0.144. The van der Waals surface area contributed by atoms with Crippen molar-refractivity contribution in [2.75, 3.05) is 19.6 Å². The van der Waals surface area contributed by atoms with E-state index in [9.17, 15) is 4.79 Å². The number of hydrogen-bond donors (Lipinski definition) is 2. The number of nitrogens with zero attached hydrogens (tertiary/aromatic N) is 1. The number of piperidine rings is 1. The molecular weight excluding hydrogens is 144 g/mol. The summed E-state index contributed by atoms with van der Waals surface area (Å²) >= 11 is 0. The molecule has 4 nitrogen and oxygen atoms in total. The average molecular weight is 156 g/mol. The molecule has 62 valence electrons. The summed E-state index contributed by atoms with van der Waals surface area (Å²) in [7, 11) is 0. The van der Waals surface area contributed by atoms with Crippen molar-refractivity contribution in [1.29, 1.82) is 0 Å². The molecule has 0 saturated carbocycles. The highest BCUT2D eigenvalue weighted by Gasteiger charge is 2.52. The van der Waals surface area contributed by atoms with E-state index >= 15 is 0 Å². The van der Waals surface area contributed by atoms with E-state index in [4.69, 9.17) is 10.8 Å². The van der Waals surface area contributed by atoms with Crippen LogP contribution in [0.4, 0.5) is 0 Å². The number of fused-ring (bicyclic) bond motifs is 2. The predicted molar refractivity (Wildman–Crippen MR) is 39.1 cm³/mol. The van der Waals surface area contributed by atoms with Gasteiger partial charge in [0.2, 0.25) is 0 Å². The number of nitrogens with two attached hydrogens (primary N) is 1. The second-order valence-electron chi connectivity index (χ2n) is 3.57. The van der Waals surface area contributed by atoms with Gasteiger partial charge >= 0.3 is 5.97 Å². The van der Waals surface area contributed by atoms with Crippen LogP contribution in [0.2, 0.25) is 0 Å². The Labute approximate surface area is 65.0 Å². The van der Waals surface area contributed by atoms with Crippen LogP contribution in [-0.4, -0.2) is 41.1 Å². The highest BCUT2D eigenvalue weighted by atomic mass is 16.4. The van der Waals surface area contributed by atoms with Gasteiger partial charge in [0, 0.05) is 19.0 Å². The Morgan fingerprint density at radius 1 is 1.73 bits per heavy atom. The van der Waals surface area contributed by atoms with Gasteiger partial charge in [0.25, 0.3) is 0 Å². The van der Waals surface area contributed by atoms with E-state index in [2.05, 4.69) is 4.90 Å². The fourth-order valence-electron chi connectivity index (χ4n) is 2.14. The van der Waals surface area contributed by atoms with Crippen LogP contribution in [0, 0.1) is 5.92 Å². The first-order valence-corrected chi connectivity index (χ1v) is 3.87. The molecule has 3 N–H and O–H groups in total. The topological polar surface area (TPSA) is 66.6 Å².